The molecule has 0 amide bonds. The summed E-state index contributed by atoms with van der Waals surface area (Å²) in [5, 5.41) is 3.93. The van der Waals surface area contributed by atoms with Gasteiger partial charge in [-0.25, -0.2) is 0 Å². The first-order valence-electron chi connectivity index (χ1n) is 9.74. The van der Waals surface area contributed by atoms with Crippen molar-refractivity contribution in [2.24, 2.45) is 4.99 Å². The van der Waals surface area contributed by atoms with Crippen LogP contribution in [0.3, 0.4) is 0 Å². The average Bonchev–Trinajstić information content (AvgIpc) is 3.31. The molecule has 0 aliphatic carbocycles. The minimum Gasteiger partial charge on any atom is -0.494 e. The molecule has 0 fully saturated rings. The minimum absolute atomic E-state index is 0.500. The van der Waals surface area contributed by atoms with Crippen LogP contribution in [0.15, 0.2) is 54.4 Å². The number of nitrogens with zero attached hydrogens (tertiary/aromatic N) is 6. The Kier molecular flexibility index (Phi) is 6.27. The van der Waals surface area contributed by atoms with Crippen LogP contribution in [-0.2, 0) is 6.54 Å². The molecule has 0 spiro atoms. The molecule has 4 aromatic rings. The fourth-order valence-corrected chi connectivity index (χ4v) is 3.71. The zero-order chi connectivity index (χ0) is 22.5. The molecule has 0 saturated carbocycles. The van der Waals surface area contributed by atoms with Gasteiger partial charge >= 0.3 is 0 Å². The van der Waals surface area contributed by atoms with Crippen LogP contribution in [0.1, 0.15) is 16.8 Å². The Hall–Kier alpha value is -3.98. The Balaban J connectivity index is 1.49. The van der Waals surface area contributed by atoms with Gasteiger partial charge in [0, 0.05) is 35.8 Å². The summed E-state index contributed by atoms with van der Waals surface area (Å²) in [7, 11) is 1.64. The van der Waals surface area contributed by atoms with Gasteiger partial charge in [0.1, 0.15) is 17.1 Å². The number of anilines is 1. The first kappa shape index (κ1) is 21.3. The second-order valence-electron chi connectivity index (χ2n) is 6.85. The van der Waals surface area contributed by atoms with E-state index in [0.29, 0.717) is 34.6 Å². The third kappa shape index (κ3) is 4.52. The van der Waals surface area contributed by atoms with E-state index in [2.05, 4.69) is 47.9 Å². The van der Waals surface area contributed by atoms with Crippen molar-refractivity contribution in [3.05, 3.63) is 66.3 Å². The predicted molar refractivity (Wildman–Crippen MR) is 129 cm³/mol. The highest BCUT2D eigenvalue weighted by Crippen LogP contribution is 2.29. The number of rotatable bonds is 8. The molecule has 9 heteroatoms. The first-order valence-corrected chi connectivity index (χ1v) is 10.5. The van der Waals surface area contributed by atoms with Gasteiger partial charge < -0.3 is 10.1 Å². The normalized spacial score (nSPS) is 10.6. The summed E-state index contributed by atoms with van der Waals surface area (Å²) in [4.78, 5) is 21.7. The highest BCUT2D eigenvalue weighted by atomic mass is 32.1. The number of aromatic nitrogens is 5. The van der Waals surface area contributed by atoms with Gasteiger partial charge in [-0.2, -0.15) is 9.36 Å². The third-order valence-electron chi connectivity index (χ3n) is 4.70. The van der Waals surface area contributed by atoms with Crippen molar-refractivity contribution in [1.82, 2.24) is 24.3 Å². The monoisotopic (exact) mass is 443 g/mol. The highest BCUT2D eigenvalue weighted by Gasteiger charge is 2.12. The van der Waals surface area contributed by atoms with Crippen molar-refractivity contribution in [2.75, 3.05) is 12.4 Å². The van der Waals surface area contributed by atoms with Crippen molar-refractivity contribution in [3.8, 4) is 27.7 Å². The molecular formula is C23H21N7OS. The van der Waals surface area contributed by atoms with E-state index >= 15 is 0 Å². The van der Waals surface area contributed by atoms with Crippen LogP contribution in [0.5, 0.6) is 5.75 Å². The van der Waals surface area contributed by atoms with Gasteiger partial charge in [0.05, 0.1) is 19.0 Å². The summed E-state index contributed by atoms with van der Waals surface area (Å²) >= 11 is 1.27. The maximum Gasteiger partial charge on any atom is 0.235 e. The maximum absolute atomic E-state index is 5.57. The first-order chi connectivity index (χ1) is 15.6. The van der Waals surface area contributed by atoms with Crippen LogP contribution >= 0.6 is 11.5 Å². The molecule has 0 aliphatic rings. The lowest BCUT2D eigenvalue weighted by Crippen LogP contribution is -2.03. The Bertz CT molecular complexity index is 1290. The van der Waals surface area contributed by atoms with E-state index in [9.17, 15) is 0 Å². The lowest BCUT2D eigenvalue weighted by Gasteiger charge is -2.10. The molecule has 0 radical (unpaired) electrons. The minimum atomic E-state index is 0.500. The lowest BCUT2D eigenvalue weighted by molar-refractivity contribution is 0.414. The van der Waals surface area contributed by atoms with Crippen LogP contribution in [-0.4, -0.2) is 38.1 Å². The van der Waals surface area contributed by atoms with Gasteiger partial charge in [-0.1, -0.05) is 12.7 Å². The Morgan fingerprint density at radius 1 is 1.19 bits per heavy atom. The summed E-state index contributed by atoms with van der Waals surface area (Å²) in [5.74, 6) is 1.21. The smallest absolute Gasteiger partial charge is 0.235 e. The number of hydrogen-bond acceptors (Lipinski definition) is 9. The summed E-state index contributed by atoms with van der Waals surface area (Å²) in [6, 6.07) is 7.72. The van der Waals surface area contributed by atoms with Crippen molar-refractivity contribution in [2.45, 2.75) is 13.5 Å². The van der Waals surface area contributed by atoms with Crippen molar-refractivity contribution >= 4 is 36.0 Å². The van der Waals surface area contributed by atoms with E-state index in [1.54, 1.807) is 25.6 Å². The van der Waals surface area contributed by atoms with Crippen LogP contribution in [0.2, 0.25) is 0 Å². The van der Waals surface area contributed by atoms with Gasteiger partial charge in [0.15, 0.2) is 5.01 Å². The van der Waals surface area contributed by atoms with Crippen LogP contribution in [0, 0.1) is 6.92 Å². The zero-order valence-electron chi connectivity index (χ0n) is 17.7. The molecule has 0 unspecified atom stereocenters. The SMILES string of the molecule is C=Cc1cc(-c2nc(NCc3cnc(-c4ccnc(C)c4)c(OC)c3)ns2)ncc1N=C. The van der Waals surface area contributed by atoms with Crippen molar-refractivity contribution in [1.29, 1.82) is 0 Å². The molecule has 1 N–H and O–H groups in total. The number of ether oxygens (including phenoxy) is 1. The molecule has 4 aromatic heterocycles. The molecule has 0 atom stereocenters. The summed E-state index contributed by atoms with van der Waals surface area (Å²) < 4.78 is 9.95. The van der Waals surface area contributed by atoms with Gasteiger partial charge in [-0.05, 0) is 55.0 Å². The largest absolute Gasteiger partial charge is 0.494 e. The molecule has 160 valence electrons. The zero-order valence-corrected chi connectivity index (χ0v) is 18.6. The van der Waals surface area contributed by atoms with Gasteiger partial charge in [-0.15, -0.1) is 0 Å². The molecule has 0 saturated heterocycles. The molecule has 0 aliphatic heterocycles. The van der Waals surface area contributed by atoms with Crippen LogP contribution in [0.4, 0.5) is 11.6 Å². The molecule has 8 nitrogen and oxygen atoms in total. The number of nitrogens with one attached hydrogen (secondary N) is 1. The Morgan fingerprint density at radius 3 is 2.81 bits per heavy atom. The maximum atomic E-state index is 5.57. The van der Waals surface area contributed by atoms with Crippen molar-refractivity contribution in [3.63, 3.8) is 0 Å². The third-order valence-corrected chi connectivity index (χ3v) is 5.44. The van der Waals surface area contributed by atoms with Crippen LogP contribution < -0.4 is 10.1 Å². The van der Waals surface area contributed by atoms with E-state index in [0.717, 1.165) is 28.1 Å². The highest BCUT2D eigenvalue weighted by molar-refractivity contribution is 7.09. The number of pyridine rings is 3. The molecule has 4 heterocycles. The number of aryl methyl sites for hydroxylation is 1. The average molecular weight is 444 g/mol. The number of aliphatic imine (C=N–C) groups is 1. The molecular weight excluding hydrogens is 422 g/mol. The van der Waals surface area contributed by atoms with Gasteiger partial charge in [0.25, 0.3) is 0 Å². The fraction of sp³-hybridized carbons (Fsp3) is 0.130. The van der Waals surface area contributed by atoms with Crippen molar-refractivity contribution < 1.29 is 4.74 Å². The second-order valence-corrected chi connectivity index (χ2v) is 7.60. The Morgan fingerprint density at radius 2 is 2.06 bits per heavy atom. The second kappa shape index (κ2) is 9.44. The predicted octanol–water partition coefficient (Wildman–Crippen LogP) is 4.96. The lowest BCUT2D eigenvalue weighted by atomic mass is 10.1. The summed E-state index contributed by atoms with van der Waals surface area (Å²) in [6.45, 7) is 9.80. The standard InChI is InChI=1S/C23H21N7OS/c1-5-16-10-18(26-13-19(16)24-3)22-29-23(30-32-22)28-12-15-9-20(31-4)21(27-11-15)17-6-7-25-14(2)8-17/h5-11,13H,1,3,12H2,2,4H3,(H,28,30). The van der Waals surface area contributed by atoms with Gasteiger partial charge in [-0.3, -0.25) is 19.9 Å². The van der Waals surface area contributed by atoms with E-state index in [4.69, 9.17) is 4.74 Å². The van der Waals surface area contributed by atoms with Gasteiger partial charge in [0.2, 0.25) is 5.95 Å². The summed E-state index contributed by atoms with van der Waals surface area (Å²) in [6.07, 6.45) is 6.94. The Labute approximate surface area is 190 Å². The van der Waals surface area contributed by atoms with E-state index in [1.807, 2.05) is 37.4 Å². The summed E-state index contributed by atoms with van der Waals surface area (Å²) in [5.41, 5.74) is 5.84. The van der Waals surface area contributed by atoms with E-state index in [1.165, 1.54) is 11.5 Å². The molecule has 0 bridgehead atoms. The quantitative estimate of drug-likeness (QED) is 0.384. The number of methoxy groups -OCH3 is 1. The molecule has 4 rings (SSSR count). The molecule has 32 heavy (non-hydrogen) atoms. The topological polar surface area (TPSA) is 98.1 Å². The fourth-order valence-electron chi connectivity index (χ4n) is 3.10. The van der Waals surface area contributed by atoms with E-state index < -0.39 is 0 Å². The van der Waals surface area contributed by atoms with E-state index in [-0.39, 0.29) is 0 Å². The molecule has 0 aromatic carbocycles. The number of hydrogen-bond donors (Lipinski definition) is 1. The van der Waals surface area contributed by atoms with Crippen LogP contribution in [0.25, 0.3) is 28.0 Å².